The van der Waals surface area contributed by atoms with Gasteiger partial charge in [0.05, 0.1) is 11.0 Å². The van der Waals surface area contributed by atoms with Gasteiger partial charge in [0.2, 0.25) is 0 Å². The van der Waals surface area contributed by atoms with Crippen molar-refractivity contribution in [1.82, 2.24) is 5.32 Å². The lowest BCUT2D eigenvalue weighted by Gasteiger charge is -2.38. The van der Waals surface area contributed by atoms with Crippen LogP contribution < -0.4 is 5.32 Å². The molecule has 1 N–H and O–H groups in total. The van der Waals surface area contributed by atoms with E-state index in [4.69, 9.17) is 16.3 Å². The maximum Gasteiger partial charge on any atom is 0.407 e. The second-order valence-corrected chi connectivity index (χ2v) is 5.51. The zero-order chi connectivity index (χ0) is 14.2. The number of amides is 1. The summed E-state index contributed by atoms with van der Waals surface area (Å²) >= 11 is 6.09. The van der Waals surface area contributed by atoms with Crippen molar-refractivity contribution in [3.8, 4) is 0 Å². The second-order valence-electron chi connectivity index (χ2n) is 5.10. The Kier molecular flexibility index (Phi) is 3.36. The van der Waals surface area contributed by atoms with Crippen LogP contribution in [0, 0.1) is 15.5 Å². The number of carbonyl (C=O) groups excluding carboxylic acids is 1. The molecule has 1 aromatic carbocycles. The summed E-state index contributed by atoms with van der Waals surface area (Å²) in [5.74, 6) is 0. The molecule has 1 amide bonds. The number of cyclic esters (lactones) is 1. The van der Waals surface area contributed by atoms with E-state index >= 15 is 0 Å². The summed E-state index contributed by atoms with van der Waals surface area (Å²) < 4.78 is 4.94. The van der Waals surface area contributed by atoms with Crippen LogP contribution in [0.4, 0.5) is 10.5 Å². The number of non-ortho nitro benzene ring substituents is 1. The molecule has 0 unspecified atom stereocenters. The number of hydrogen-bond acceptors (Lipinski definition) is 4. The van der Waals surface area contributed by atoms with Crippen LogP contribution >= 0.6 is 11.6 Å². The molecule has 0 aliphatic carbocycles. The fourth-order valence-corrected chi connectivity index (χ4v) is 2.28. The van der Waals surface area contributed by atoms with Gasteiger partial charge in [-0.1, -0.05) is 25.4 Å². The molecule has 102 valence electrons. The van der Waals surface area contributed by atoms with Gasteiger partial charge in [0.1, 0.15) is 6.61 Å². The summed E-state index contributed by atoms with van der Waals surface area (Å²) in [5.41, 5.74) is 0.0562. The summed E-state index contributed by atoms with van der Waals surface area (Å²) in [4.78, 5) is 21.7. The Morgan fingerprint density at radius 2 is 2.21 bits per heavy atom. The quantitative estimate of drug-likeness (QED) is 0.668. The monoisotopic (exact) mass is 284 g/mol. The van der Waals surface area contributed by atoms with Crippen molar-refractivity contribution in [3.05, 3.63) is 38.9 Å². The lowest BCUT2D eigenvalue weighted by Crippen LogP contribution is -2.47. The first-order chi connectivity index (χ1) is 8.81. The molecule has 19 heavy (non-hydrogen) atoms. The molecular weight excluding hydrogens is 272 g/mol. The molecular formula is C12H13ClN2O4. The average Bonchev–Trinajstić information content (AvgIpc) is 2.33. The van der Waals surface area contributed by atoms with E-state index in [1.165, 1.54) is 18.2 Å². The third kappa shape index (κ3) is 2.63. The number of benzene rings is 1. The van der Waals surface area contributed by atoms with Crippen LogP contribution in [0.2, 0.25) is 5.02 Å². The maximum absolute atomic E-state index is 11.4. The molecule has 7 heteroatoms. The third-order valence-electron chi connectivity index (χ3n) is 3.12. The number of carbonyl (C=O) groups is 1. The highest BCUT2D eigenvalue weighted by Crippen LogP contribution is 2.40. The molecule has 0 bridgehead atoms. The number of nitrogens with zero attached hydrogens (tertiary/aromatic N) is 1. The number of halogens is 1. The van der Waals surface area contributed by atoms with Gasteiger partial charge in [0, 0.05) is 28.1 Å². The van der Waals surface area contributed by atoms with Crippen molar-refractivity contribution >= 4 is 23.4 Å². The Labute approximate surface area is 114 Å². The van der Waals surface area contributed by atoms with E-state index in [0.717, 1.165) is 0 Å². The lowest BCUT2D eigenvalue weighted by molar-refractivity contribution is -0.385. The van der Waals surface area contributed by atoms with Gasteiger partial charge in [0.25, 0.3) is 5.69 Å². The summed E-state index contributed by atoms with van der Waals surface area (Å²) in [6, 6.07) is 3.76. The van der Waals surface area contributed by atoms with Crippen molar-refractivity contribution in [2.45, 2.75) is 19.9 Å². The van der Waals surface area contributed by atoms with Crippen molar-refractivity contribution < 1.29 is 14.5 Å². The van der Waals surface area contributed by atoms with Crippen LogP contribution in [0.5, 0.6) is 0 Å². The van der Waals surface area contributed by atoms with Gasteiger partial charge in [-0.2, -0.15) is 0 Å². The van der Waals surface area contributed by atoms with Crippen LogP contribution in [-0.2, 0) is 4.74 Å². The van der Waals surface area contributed by atoms with Gasteiger partial charge in [-0.15, -0.1) is 0 Å². The van der Waals surface area contributed by atoms with Crippen LogP contribution in [0.3, 0.4) is 0 Å². The molecule has 1 heterocycles. The number of nitro groups is 1. The van der Waals surface area contributed by atoms with Crippen LogP contribution in [0.15, 0.2) is 18.2 Å². The lowest BCUT2D eigenvalue weighted by atomic mass is 9.80. The predicted octanol–water partition coefficient (Wildman–Crippen LogP) is 3.06. The van der Waals surface area contributed by atoms with Crippen molar-refractivity contribution in [2.75, 3.05) is 6.61 Å². The van der Waals surface area contributed by atoms with Gasteiger partial charge in [0.15, 0.2) is 0 Å². The minimum Gasteiger partial charge on any atom is -0.449 e. The maximum atomic E-state index is 11.4. The molecule has 0 radical (unpaired) electrons. The molecule has 1 aliphatic rings. The predicted molar refractivity (Wildman–Crippen MR) is 69.1 cm³/mol. The van der Waals surface area contributed by atoms with Crippen molar-refractivity contribution in [3.63, 3.8) is 0 Å². The Morgan fingerprint density at radius 3 is 2.84 bits per heavy atom. The smallest absolute Gasteiger partial charge is 0.407 e. The molecule has 1 fully saturated rings. The zero-order valence-electron chi connectivity index (χ0n) is 10.5. The molecule has 1 atom stereocenters. The second kappa shape index (κ2) is 4.70. The van der Waals surface area contributed by atoms with Gasteiger partial charge >= 0.3 is 6.09 Å². The van der Waals surface area contributed by atoms with E-state index < -0.39 is 22.5 Å². The van der Waals surface area contributed by atoms with Crippen molar-refractivity contribution in [1.29, 1.82) is 0 Å². The van der Waals surface area contributed by atoms with E-state index in [-0.39, 0.29) is 12.3 Å². The highest BCUT2D eigenvalue weighted by Gasteiger charge is 2.39. The Bertz CT molecular complexity index is 545. The van der Waals surface area contributed by atoms with E-state index in [2.05, 4.69) is 5.32 Å². The Hall–Kier alpha value is -1.82. The fourth-order valence-electron chi connectivity index (χ4n) is 2.05. The fraction of sp³-hybridized carbons (Fsp3) is 0.417. The van der Waals surface area contributed by atoms with Crippen molar-refractivity contribution in [2.24, 2.45) is 5.41 Å². The van der Waals surface area contributed by atoms with Crippen LogP contribution in [-0.4, -0.2) is 17.6 Å². The Morgan fingerprint density at radius 1 is 1.53 bits per heavy atom. The molecule has 1 saturated heterocycles. The molecule has 0 saturated carbocycles. The number of nitrogens with one attached hydrogen (secondary N) is 1. The van der Waals surface area contributed by atoms with E-state index in [1.807, 2.05) is 13.8 Å². The molecule has 0 aromatic heterocycles. The number of rotatable bonds is 2. The average molecular weight is 285 g/mol. The standard InChI is InChI=1S/C12H13ClN2O4/c1-12(2)6-19-11(16)14-10(12)8-5-7(15(17)18)3-4-9(8)13/h3-5,10H,6H2,1-2H3,(H,14,16)/t10-/m0/s1. The molecule has 2 rings (SSSR count). The third-order valence-corrected chi connectivity index (χ3v) is 3.46. The van der Waals surface area contributed by atoms with Gasteiger partial charge in [-0.3, -0.25) is 10.1 Å². The Balaban J connectivity index is 2.46. The number of nitro benzene ring substituents is 1. The summed E-state index contributed by atoms with van der Waals surface area (Å²) in [5, 5.41) is 13.9. The van der Waals surface area contributed by atoms with Crippen LogP contribution in [0.25, 0.3) is 0 Å². The largest absolute Gasteiger partial charge is 0.449 e. The molecule has 1 aromatic rings. The minimum atomic E-state index is -0.549. The first-order valence-electron chi connectivity index (χ1n) is 5.68. The number of alkyl carbamates (subject to hydrolysis) is 1. The first-order valence-corrected chi connectivity index (χ1v) is 6.06. The van der Waals surface area contributed by atoms with E-state index in [9.17, 15) is 14.9 Å². The SMILES string of the molecule is CC1(C)COC(=O)N[C@H]1c1cc([N+](=O)[O-])ccc1Cl. The number of hydrogen-bond donors (Lipinski definition) is 1. The minimum absolute atomic E-state index is 0.0593. The van der Waals surface area contributed by atoms with E-state index in [0.29, 0.717) is 10.6 Å². The topological polar surface area (TPSA) is 81.5 Å². The van der Waals surface area contributed by atoms with Gasteiger partial charge in [-0.25, -0.2) is 4.79 Å². The first kappa shape index (κ1) is 13.6. The summed E-state index contributed by atoms with van der Waals surface area (Å²) in [7, 11) is 0. The highest BCUT2D eigenvalue weighted by atomic mass is 35.5. The normalized spacial score (nSPS) is 21.4. The zero-order valence-corrected chi connectivity index (χ0v) is 11.2. The van der Waals surface area contributed by atoms with Crippen LogP contribution in [0.1, 0.15) is 25.5 Å². The highest BCUT2D eigenvalue weighted by molar-refractivity contribution is 6.31. The molecule has 6 nitrogen and oxygen atoms in total. The van der Waals surface area contributed by atoms with Gasteiger partial charge in [-0.05, 0) is 6.07 Å². The molecule has 1 aliphatic heterocycles. The van der Waals surface area contributed by atoms with E-state index in [1.54, 1.807) is 0 Å². The summed E-state index contributed by atoms with van der Waals surface area (Å²) in [6.45, 7) is 4.01. The van der Waals surface area contributed by atoms with Gasteiger partial charge < -0.3 is 10.1 Å². The molecule has 0 spiro atoms. The number of ether oxygens (including phenoxy) is 1. The summed E-state index contributed by atoms with van der Waals surface area (Å²) in [6.07, 6.45) is -0.549.